The molecular formula is C12H11Cl2N3OS. The fourth-order valence-corrected chi connectivity index (χ4v) is 2.68. The summed E-state index contributed by atoms with van der Waals surface area (Å²) < 4.78 is 0.518. The van der Waals surface area contributed by atoms with Gasteiger partial charge >= 0.3 is 0 Å². The van der Waals surface area contributed by atoms with Crippen LogP contribution in [0.15, 0.2) is 24.4 Å². The van der Waals surface area contributed by atoms with Crippen molar-refractivity contribution in [3.05, 3.63) is 44.3 Å². The Bertz CT molecular complexity index is 600. The highest BCUT2D eigenvalue weighted by Gasteiger charge is 2.09. The second-order valence-corrected chi connectivity index (χ2v) is 5.81. The van der Waals surface area contributed by atoms with E-state index >= 15 is 0 Å². The lowest BCUT2D eigenvalue weighted by atomic mass is 10.2. The lowest BCUT2D eigenvalue weighted by Gasteiger charge is -2.08. The quantitative estimate of drug-likeness (QED) is 0.909. The maximum Gasteiger partial charge on any atom is 0.252 e. The molecule has 19 heavy (non-hydrogen) atoms. The van der Waals surface area contributed by atoms with Gasteiger partial charge in [-0.2, -0.15) is 0 Å². The van der Waals surface area contributed by atoms with Gasteiger partial charge in [0.15, 0.2) is 4.47 Å². The molecular weight excluding hydrogens is 305 g/mol. The van der Waals surface area contributed by atoms with Crippen molar-refractivity contribution in [2.45, 2.75) is 6.54 Å². The fraction of sp³-hybridized carbons (Fsp3) is 0.167. The van der Waals surface area contributed by atoms with E-state index in [9.17, 15) is 4.79 Å². The first-order valence-electron chi connectivity index (χ1n) is 5.46. The average molecular weight is 316 g/mol. The van der Waals surface area contributed by atoms with E-state index in [4.69, 9.17) is 23.2 Å². The number of carbonyl (C=O) groups is 1. The maximum atomic E-state index is 11.5. The summed E-state index contributed by atoms with van der Waals surface area (Å²) in [6, 6.07) is 5.21. The van der Waals surface area contributed by atoms with Gasteiger partial charge in [0.05, 0.1) is 17.1 Å². The highest BCUT2D eigenvalue weighted by molar-refractivity contribution is 7.15. The number of aromatic nitrogens is 1. The van der Waals surface area contributed by atoms with E-state index in [2.05, 4.69) is 15.6 Å². The van der Waals surface area contributed by atoms with Gasteiger partial charge in [-0.05, 0) is 18.2 Å². The molecule has 0 unspecified atom stereocenters. The SMILES string of the molecule is CNC(=O)c1ccc(NCc2cnc(Cl)s2)cc1Cl. The zero-order valence-electron chi connectivity index (χ0n) is 10.0. The first-order valence-corrected chi connectivity index (χ1v) is 7.03. The van der Waals surface area contributed by atoms with Crippen molar-refractivity contribution in [3.63, 3.8) is 0 Å². The number of carbonyl (C=O) groups excluding carboxylic acids is 1. The van der Waals surface area contributed by atoms with Crippen molar-refractivity contribution in [2.24, 2.45) is 0 Å². The molecule has 0 bridgehead atoms. The van der Waals surface area contributed by atoms with E-state index in [1.807, 2.05) is 0 Å². The van der Waals surface area contributed by atoms with Crippen molar-refractivity contribution in [1.82, 2.24) is 10.3 Å². The molecule has 100 valence electrons. The first kappa shape index (κ1) is 14.1. The molecule has 0 fully saturated rings. The van der Waals surface area contributed by atoms with Crippen LogP contribution in [0.2, 0.25) is 9.49 Å². The number of halogens is 2. The Balaban J connectivity index is 2.06. The smallest absolute Gasteiger partial charge is 0.252 e. The molecule has 0 aliphatic rings. The van der Waals surface area contributed by atoms with Crippen molar-refractivity contribution in [3.8, 4) is 0 Å². The minimum absolute atomic E-state index is 0.203. The van der Waals surface area contributed by atoms with Crippen LogP contribution in [-0.4, -0.2) is 17.9 Å². The summed E-state index contributed by atoms with van der Waals surface area (Å²) in [5, 5.41) is 6.14. The summed E-state index contributed by atoms with van der Waals surface area (Å²) in [6.45, 7) is 0.611. The van der Waals surface area contributed by atoms with E-state index in [0.29, 0.717) is 21.6 Å². The Kier molecular flexibility index (Phi) is 4.63. The summed E-state index contributed by atoms with van der Waals surface area (Å²) >= 11 is 13.2. The molecule has 0 spiro atoms. The van der Waals surface area contributed by atoms with Crippen LogP contribution in [0.4, 0.5) is 5.69 Å². The van der Waals surface area contributed by atoms with Gasteiger partial charge in [-0.15, -0.1) is 11.3 Å². The third kappa shape index (κ3) is 3.59. The Morgan fingerprint density at radius 3 is 2.79 bits per heavy atom. The Hall–Kier alpha value is -1.30. The molecule has 0 saturated heterocycles. The molecule has 0 aliphatic carbocycles. The summed E-state index contributed by atoms with van der Waals surface area (Å²) in [5.41, 5.74) is 1.29. The summed E-state index contributed by atoms with van der Waals surface area (Å²) in [6.07, 6.45) is 1.72. The molecule has 2 rings (SSSR count). The third-order valence-corrected chi connectivity index (χ3v) is 3.86. The minimum Gasteiger partial charge on any atom is -0.380 e. The van der Waals surface area contributed by atoms with Crippen LogP contribution in [0, 0.1) is 0 Å². The van der Waals surface area contributed by atoms with Crippen LogP contribution in [0.3, 0.4) is 0 Å². The Morgan fingerprint density at radius 2 is 2.21 bits per heavy atom. The molecule has 2 N–H and O–H groups in total. The second kappa shape index (κ2) is 6.23. The minimum atomic E-state index is -0.203. The maximum absolute atomic E-state index is 11.5. The van der Waals surface area contributed by atoms with Gasteiger partial charge in [0.2, 0.25) is 0 Å². The largest absolute Gasteiger partial charge is 0.380 e. The van der Waals surface area contributed by atoms with Crippen molar-refractivity contribution in [1.29, 1.82) is 0 Å². The van der Waals surface area contributed by atoms with E-state index < -0.39 is 0 Å². The number of rotatable bonds is 4. The number of nitrogens with one attached hydrogen (secondary N) is 2. The first-order chi connectivity index (χ1) is 9.10. The molecule has 7 heteroatoms. The van der Waals surface area contributed by atoms with Gasteiger partial charge < -0.3 is 10.6 Å². The van der Waals surface area contributed by atoms with Gasteiger partial charge in [-0.3, -0.25) is 4.79 Å². The third-order valence-electron chi connectivity index (χ3n) is 2.43. The van der Waals surface area contributed by atoms with Crippen LogP contribution < -0.4 is 10.6 Å². The summed E-state index contributed by atoms with van der Waals surface area (Å²) in [7, 11) is 1.57. The van der Waals surface area contributed by atoms with E-state index in [0.717, 1.165) is 10.6 Å². The molecule has 4 nitrogen and oxygen atoms in total. The van der Waals surface area contributed by atoms with Crippen molar-refractivity contribution in [2.75, 3.05) is 12.4 Å². The fourth-order valence-electron chi connectivity index (χ4n) is 1.50. The van der Waals surface area contributed by atoms with Gasteiger partial charge in [0, 0.05) is 23.8 Å². The summed E-state index contributed by atoms with van der Waals surface area (Å²) in [5.74, 6) is -0.203. The highest BCUT2D eigenvalue weighted by atomic mass is 35.5. The zero-order valence-corrected chi connectivity index (χ0v) is 12.4. The lowest BCUT2D eigenvalue weighted by Crippen LogP contribution is -2.18. The van der Waals surface area contributed by atoms with E-state index in [1.54, 1.807) is 31.4 Å². The molecule has 1 aromatic carbocycles. The molecule has 1 heterocycles. The topological polar surface area (TPSA) is 54.0 Å². The Labute approximate surface area is 124 Å². The number of nitrogens with zero attached hydrogens (tertiary/aromatic N) is 1. The molecule has 1 amide bonds. The predicted molar refractivity (Wildman–Crippen MR) is 79.3 cm³/mol. The molecule has 0 radical (unpaired) electrons. The molecule has 0 saturated carbocycles. The molecule has 0 atom stereocenters. The number of hydrogen-bond acceptors (Lipinski definition) is 4. The van der Waals surface area contributed by atoms with E-state index in [1.165, 1.54) is 11.3 Å². The van der Waals surface area contributed by atoms with Gasteiger partial charge in [0.1, 0.15) is 0 Å². The number of thiazole rings is 1. The lowest BCUT2D eigenvalue weighted by molar-refractivity contribution is 0.0963. The van der Waals surface area contributed by atoms with Crippen molar-refractivity contribution >= 4 is 46.1 Å². The molecule has 0 aliphatic heterocycles. The highest BCUT2D eigenvalue weighted by Crippen LogP contribution is 2.23. The van der Waals surface area contributed by atoms with Gasteiger partial charge in [-0.1, -0.05) is 23.2 Å². The van der Waals surface area contributed by atoms with Crippen LogP contribution in [0.1, 0.15) is 15.2 Å². The van der Waals surface area contributed by atoms with Gasteiger partial charge in [-0.25, -0.2) is 4.98 Å². The second-order valence-electron chi connectivity index (χ2n) is 3.71. The van der Waals surface area contributed by atoms with Crippen molar-refractivity contribution < 1.29 is 4.79 Å². The van der Waals surface area contributed by atoms with Crippen LogP contribution in [0.5, 0.6) is 0 Å². The number of benzene rings is 1. The number of amides is 1. The summed E-state index contributed by atoms with van der Waals surface area (Å²) in [4.78, 5) is 16.5. The standard InChI is InChI=1S/C12H11Cl2N3OS/c1-15-11(18)9-3-2-7(4-10(9)13)16-5-8-6-17-12(14)19-8/h2-4,6,16H,5H2,1H3,(H,15,18). The van der Waals surface area contributed by atoms with Gasteiger partial charge in [0.25, 0.3) is 5.91 Å². The molecule has 1 aromatic heterocycles. The average Bonchev–Trinajstić information content (AvgIpc) is 2.81. The van der Waals surface area contributed by atoms with Crippen LogP contribution in [0.25, 0.3) is 0 Å². The van der Waals surface area contributed by atoms with E-state index in [-0.39, 0.29) is 5.91 Å². The zero-order chi connectivity index (χ0) is 13.8. The van der Waals surface area contributed by atoms with Crippen LogP contribution in [-0.2, 0) is 6.54 Å². The predicted octanol–water partition coefficient (Wildman–Crippen LogP) is 3.42. The Morgan fingerprint density at radius 1 is 1.42 bits per heavy atom. The number of hydrogen-bond donors (Lipinski definition) is 2. The normalized spacial score (nSPS) is 10.3. The van der Waals surface area contributed by atoms with Crippen LogP contribution >= 0.6 is 34.5 Å². The molecule has 2 aromatic rings. The monoisotopic (exact) mass is 315 g/mol. The number of anilines is 1.